The maximum atomic E-state index is 12.8. The van der Waals surface area contributed by atoms with E-state index in [1.165, 1.54) is 28.0 Å². The standard InChI is InChI=1S/C19H16N6OS3/c1-9-6-10(2)25-18(20-9)23-19(24-25)28-8-14-21-16(26)15-12(7-27-17(15)22-14)13-5-4-11(3)29-13/h4-7H,8H2,1-3H3,(H,21,22,26). The molecule has 0 saturated carbocycles. The lowest BCUT2D eigenvalue weighted by atomic mass is 10.2. The van der Waals surface area contributed by atoms with Crippen LogP contribution >= 0.6 is 34.4 Å². The number of nitrogens with zero attached hydrogens (tertiary/aromatic N) is 5. The van der Waals surface area contributed by atoms with Crippen LogP contribution in [-0.2, 0) is 5.75 Å². The molecule has 5 aromatic heterocycles. The van der Waals surface area contributed by atoms with E-state index >= 15 is 0 Å². The van der Waals surface area contributed by atoms with Gasteiger partial charge >= 0.3 is 0 Å². The van der Waals surface area contributed by atoms with Gasteiger partial charge in [0.05, 0.1) is 11.1 Å². The first-order valence-electron chi connectivity index (χ1n) is 8.89. The van der Waals surface area contributed by atoms with Crippen LogP contribution in [0.2, 0.25) is 0 Å². The molecule has 0 bridgehead atoms. The number of thioether (sulfide) groups is 1. The summed E-state index contributed by atoms with van der Waals surface area (Å²) in [7, 11) is 0. The van der Waals surface area contributed by atoms with E-state index in [-0.39, 0.29) is 5.56 Å². The molecule has 1 N–H and O–H groups in total. The van der Waals surface area contributed by atoms with Gasteiger partial charge in [0.25, 0.3) is 11.3 Å². The number of aromatic amines is 1. The van der Waals surface area contributed by atoms with E-state index < -0.39 is 0 Å². The molecule has 0 aliphatic carbocycles. The molecule has 0 atom stereocenters. The molecular weight excluding hydrogens is 424 g/mol. The number of hydrogen-bond donors (Lipinski definition) is 1. The normalized spacial score (nSPS) is 11.7. The lowest BCUT2D eigenvalue weighted by Gasteiger charge is -2.00. The Kier molecular flexibility index (Phi) is 4.49. The van der Waals surface area contributed by atoms with Crippen LogP contribution < -0.4 is 5.56 Å². The van der Waals surface area contributed by atoms with Crippen molar-refractivity contribution in [2.75, 3.05) is 0 Å². The van der Waals surface area contributed by atoms with Crippen molar-refractivity contribution < 1.29 is 0 Å². The maximum Gasteiger partial charge on any atom is 0.260 e. The molecule has 5 rings (SSSR count). The number of rotatable bonds is 4. The van der Waals surface area contributed by atoms with Gasteiger partial charge in [-0.25, -0.2) is 14.5 Å². The highest BCUT2D eigenvalue weighted by atomic mass is 32.2. The third-order valence-corrected chi connectivity index (χ3v) is 7.19. The minimum atomic E-state index is -0.107. The Morgan fingerprint density at radius 3 is 2.83 bits per heavy atom. The van der Waals surface area contributed by atoms with Crippen molar-refractivity contribution in [3.8, 4) is 10.4 Å². The van der Waals surface area contributed by atoms with Gasteiger partial charge in [0.2, 0.25) is 5.16 Å². The first-order valence-corrected chi connectivity index (χ1v) is 11.6. The average molecular weight is 441 g/mol. The van der Waals surface area contributed by atoms with Crippen molar-refractivity contribution in [3.05, 3.63) is 56.0 Å². The summed E-state index contributed by atoms with van der Waals surface area (Å²) in [4.78, 5) is 32.3. The van der Waals surface area contributed by atoms with E-state index in [1.807, 2.05) is 25.3 Å². The predicted molar refractivity (Wildman–Crippen MR) is 118 cm³/mol. The second-order valence-electron chi connectivity index (χ2n) is 6.69. The van der Waals surface area contributed by atoms with Crippen molar-refractivity contribution >= 4 is 50.4 Å². The third kappa shape index (κ3) is 3.37. The second kappa shape index (κ2) is 7.05. The van der Waals surface area contributed by atoms with Crippen molar-refractivity contribution in [1.82, 2.24) is 29.5 Å². The first kappa shape index (κ1) is 18.5. The van der Waals surface area contributed by atoms with Crippen molar-refractivity contribution in [3.63, 3.8) is 0 Å². The van der Waals surface area contributed by atoms with Crippen LogP contribution in [0.15, 0.2) is 33.5 Å². The Morgan fingerprint density at radius 2 is 2.03 bits per heavy atom. The van der Waals surface area contributed by atoms with Crippen molar-refractivity contribution in [2.24, 2.45) is 0 Å². The van der Waals surface area contributed by atoms with Crippen LogP contribution in [0.5, 0.6) is 0 Å². The Bertz CT molecular complexity index is 1430. The molecule has 0 aromatic carbocycles. The number of nitrogens with one attached hydrogen (secondary N) is 1. The summed E-state index contributed by atoms with van der Waals surface area (Å²) in [5.41, 5.74) is 2.73. The van der Waals surface area contributed by atoms with E-state index in [0.29, 0.717) is 27.9 Å². The van der Waals surface area contributed by atoms with Crippen LogP contribution in [0.25, 0.3) is 26.4 Å². The molecule has 5 heterocycles. The Labute approximate surface area is 177 Å². The molecule has 29 heavy (non-hydrogen) atoms. The smallest absolute Gasteiger partial charge is 0.260 e. The number of hydrogen-bond acceptors (Lipinski definition) is 8. The summed E-state index contributed by atoms with van der Waals surface area (Å²) in [6.45, 7) is 5.97. The summed E-state index contributed by atoms with van der Waals surface area (Å²) in [6.07, 6.45) is 0. The third-order valence-electron chi connectivity index (χ3n) is 4.44. The van der Waals surface area contributed by atoms with Crippen LogP contribution in [0.4, 0.5) is 0 Å². The van der Waals surface area contributed by atoms with Crippen LogP contribution in [0, 0.1) is 20.8 Å². The lowest BCUT2D eigenvalue weighted by molar-refractivity contribution is 0.842. The molecule has 0 amide bonds. The zero-order chi connectivity index (χ0) is 20.1. The van der Waals surface area contributed by atoms with Gasteiger partial charge in [0.15, 0.2) is 0 Å². The van der Waals surface area contributed by atoms with Gasteiger partial charge in [-0.15, -0.1) is 27.8 Å². The lowest BCUT2D eigenvalue weighted by Crippen LogP contribution is -2.10. The number of aryl methyl sites for hydroxylation is 3. The van der Waals surface area contributed by atoms with Crippen molar-refractivity contribution in [1.29, 1.82) is 0 Å². The van der Waals surface area contributed by atoms with Gasteiger partial charge in [-0.05, 0) is 39.0 Å². The van der Waals surface area contributed by atoms with Gasteiger partial charge in [-0.3, -0.25) is 4.79 Å². The number of H-pyrrole nitrogens is 1. The van der Waals surface area contributed by atoms with Gasteiger partial charge < -0.3 is 4.98 Å². The summed E-state index contributed by atoms with van der Waals surface area (Å²) in [5, 5.41) is 7.76. The molecule has 0 unspecified atom stereocenters. The molecule has 0 fully saturated rings. The fourth-order valence-electron chi connectivity index (χ4n) is 3.16. The van der Waals surface area contributed by atoms with Gasteiger partial charge in [0.1, 0.15) is 10.7 Å². The first-order chi connectivity index (χ1) is 14.0. The summed E-state index contributed by atoms with van der Waals surface area (Å²) < 4.78 is 1.73. The highest BCUT2D eigenvalue weighted by molar-refractivity contribution is 7.98. The molecule has 7 nitrogen and oxygen atoms in total. The van der Waals surface area contributed by atoms with Crippen LogP contribution in [-0.4, -0.2) is 29.5 Å². The van der Waals surface area contributed by atoms with Crippen LogP contribution in [0.1, 0.15) is 22.1 Å². The van der Waals surface area contributed by atoms with Gasteiger partial charge in [-0.2, -0.15) is 4.98 Å². The molecular formula is C19H16N6OS3. The Hall–Kier alpha value is -2.56. The molecule has 146 valence electrons. The number of aromatic nitrogens is 6. The molecule has 0 aliphatic rings. The SMILES string of the molecule is Cc1cc(C)n2nc(SCc3nc4scc(-c5ccc(C)s5)c4c(=O)[nH]3)nc2n1. The molecule has 10 heteroatoms. The number of fused-ring (bicyclic) bond motifs is 2. The summed E-state index contributed by atoms with van der Waals surface area (Å²) in [6, 6.07) is 6.08. The second-order valence-corrected chi connectivity index (χ2v) is 9.77. The Balaban J connectivity index is 1.44. The monoisotopic (exact) mass is 440 g/mol. The summed E-state index contributed by atoms with van der Waals surface area (Å²) >= 11 is 4.61. The van der Waals surface area contributed by atoms with Gasteiger partial charge in [-0.1, -0.05) is 11.8 Å². The topological polar surface area (TPSA) is 88.8 Å². The predicted octanol–water partition coefficient (Wildman–Crippen LogP) is 4.37. The quantitative estimate of drug-likeness (QED) is 0.418. The van der Waals surface area contributed by atoms with E-state index in [2.05, 4.69) is 44.1 Å². The van der Waals surface area contributed by atoms with E-state index in [9.17, 15) is 4.79 Å². The number of thiophene rings is 2. The van der Waals surface area contributed by atoms with E-state index in [1.54, 1.807) is 15.9 Å². The van der Waals surface area contributed by atoms with E-state index in [0.717, 1.165) is 26.7 Å². The molecule has 0 spiro atoms. The minimum absolute atomic E-state index is 0.107. The van der Waals surface area contributed by atoms with Crippen LogP contribution in [0.3, 0.4) is 0 Å². The molecule has 5 aromatic rings. The molecule has 0 saturated heterocycles. The average Bonchev–Trinajstić information content (AvgIpc) is 3.37. The largest absolute Gasteiger partial charge is 0.309 e. The molecule has 0 aliphatic heterocycles. The van der Waals surface area contributed by atoms with E-state index in [4.69, 9.17) is 0 Å². The summed E-state index contributed by atoms with van der Waals surface area (Å²) in [5.74, 6) is 1.67. The fraction of sp³-hybridized carbons (Fsp3) is 0.211. The zero-order valence-electron chi connectivity index (χ0n) is 15.9. The molecule has 0 radical (unpaired) electrons. The fourth-order valence-corrected chi connectivity index (χ4v) is 5.77. The van der Waals surface area contributed by atoms with Gasteiger partial charge in [0, 0.05) is 32.1 Å². The van der Waals surface area contributed by atoms with Crippen molar-refractivity contribution in [2.45, 2.75) is 31.7 Å². The zero-order valence-corrected chi connectivity index (χ0v) is 18.3. The minimum Gasteiger partial charge on any atom is -0.309 e. The maximum absolute atomic E-state index is 12.8. The Morgan fingerprint density at radius 1 is 1.17 bits per heavy atom. The highest BCUT2D eigenvalue weighted by Crippen LogP contribution is 2.35. The highest BCUT2D eigenvalue weighted by Gasteiger charge is 2.15.